The fourth-order valence-corrected chi connectivity index (χ4v) is 1.20. The van der Waals surface area contributed by atoms with Crippen LogP contribution in [-0.2, 0) is 4.84 Å². The van der Waals surface area contributed by atoms with Crippen molar-refractivity contribution in [2.45, 2.75) is 45.3 Å². The third-order valence-corrected chi connectivity index (χ3v) is 1.99. The molecule has 1 aliphatic carbocycles. The molecule has 2 N–H and O–H groups in total. The van der Waals surface area contributed by atoms with Crippen molar-refractivity contribution < 1.29 is 4.84 Å². The number of hydroxylamine groups is 1. The van der Waals surface area contributed by atoms with Crippen molar-refractivity contribution in [3.05, 3.63) is 0 Å². The third kappa shape index (κ3) is 3.36. The molecule has 3 nitrogen and oxygen atoms in total. The summed E-state index contributed by atoms with van der Waals surface area (Å²) in [5.74, 6) is 0. The second-order valence-corrected chi connectivity index (χ2v) is 3.81. The smallest absolute Gasteiger partial charge is 0.190 e. The first-order valence-electron chi connectivity index (χ1n) is 4.40. The average molecular weight is 188 g/mol. The van der Waals surface area contributed by atoms with Crippen LogP contribution in [0.25, 0.3) is 0 Å². The SMILES string of the molecule is CC(C)NC(=S)NOC1CCC1. The van der Waals surface area contributed by atoms with E-state index >= 15 is 0 Å². The van der Waals surface area contributed by atoms with Crippen molar-refractivity contribution in [2.24, 2.45) is 0 Å². The van der Waals surface area contributed by atoms with Crippen LogP contribution in [0, 0.1) is 0 Å². The molecule has 1 fully saturated rings. The van der Waals surface area contributed by atoms with Gasteiger partial charge in [-0.3, -0.25) is 4.84 Å². The molecule has 70 valence electrons. The molecule has 1 rings (SSSR count). The van der Waals surface area contributed by atoms with E-state index in [1.807, 2.05) is 13.8 Å². The van der Waals surface area contributed by atoms with Gasteiger partial charge in [0, 0.05) is 6.04 Å². The Balaban J connectivity index is 2.01. The number of hydrogen-bond donors (Lipinski definition) is 2. The van der Waals surface area contributed by atoms with E-state index in [4.69, 9.17) is 17.1 Å². The molecule has 0 bridgehead atoms. The van der Waals surface area contributed by atoms with Crippen molar-refractivity contribution in [2.75, 3.05) is 0 Å². The topological polar surface area (TPSA) is 33.3 Å². The first-order chi connectivity index (χ1) is 5.68. The Morgan fingerprint density at radius 1 is 1.50 bits per heavy atom. The van der Waals surface area contributed by atoms with Crippen LogP contribution >= 0.6 is 12.2 Å². The molecule has 0 radical (unpaired) electrons. The number of thiocarbonyl (C=S) groups is 1. The summed E-state index contributed by atoms with van der Waals surface area (Å²) in [6.45, 7) is 4.08. The number of hydrogen-bond acceptors (Lipinski definition) is 2. The summed E-state index contributed by atoms with van der Waals surface area (Å²) in [4.78, 5) is 5.29. The summed E-state index contributed by atoms with van der Waals surface area (Å²) in [7, 11) is 0. The summed E-state index contributed by atoms with van der Waals surface area (Å²) in [6, 6.07) is 0.356. The van der Waals surface area contributed by atoms with E-state index in [0.29, 0.717) is 17.3 Å². The fourth-order valence-electron chi connectivity index (χ4n) is 0.917. The van der Waals surface area contributed by atoms with Gasteiger partial charge in [-0.1, -0.05) is 0 Å². The van der Waals surface area contributed by atoms with Gasteiger partial charge < -0.3 is 5.32 Å². The van der Waals surface area contributed by atoms with E-state index in [2.05, 4.69) is 10.8 Å². The van der Waals surface area contributed by atoms with Gasteiger partial charge in [0.1, 0.15) is 0 Å². The highest BCUT2D eigenvalue weighted by Gasteiger charge is 2.18. The zero-order chi connectivity index (χ0) is 8.97. The molecule has 0 amide bonds. The van der Waals surface area contributed by atoms with Crippen LogP contribution in [0.5, 0.6) is 0 Å². The summed E-state index contributed by atoms with van der Waals surface area (Å²) in [5.41, 5.74) is 2.74. The molecule has 0 atom stereocenters. The van der Waals surface area contributed by atoms with Crippen LogP contribution in [0.3, 0.4) is 0 Å². The molecule has 0 aromatic carbocycles. The lowest BCUT2D eigenvalue weighted by molar-refractivity contribution is -0.0347. The second kappa shape index (κ2) is 4.62. The van der Waals surface area contributed by atoms with Gasteiger partial charge >= 0.3 is 0 Å². The maximum absolute atomic E-state index is 5.29. The molecule has 0 aliphatic heterocycles. The molecule has 0 heterocycles. The normalized spacial score (nSPS) is 17.2. The lowest BCUT2D eigenvalue weighted by Gasteiger charge is -2.25. The fraction of sp³-hybridized carbons (Fsp3) is 0.875. The van der Waals surface area contributed by atoms with E-state index in [1.54, 1.807) is 0 Å². The molecule has 0 unspecified atom stereocenters. The van der Waals surface area contributed by atoms with Crippen LogP contribution < -0.4 is 10.8 Å². The van der Waals surface area contributed by atoms with Crippen LogP contribution in [0.1, 0.15) is 33.1 Å². The summed E-state index contributed by atoms with van der Waals surface area (Å²) < 4.78 is 0. The molecular weight excluding hydrogens is 172 g/mol. The predicted octanol–water partition coefficient (Wildman–Crippen LogP) is 1.34. The van der Waals surface area contributed by atoms with Crippen LogP contribution in [0.4, 0.5) is 0 Å². The highest BCUT2D eigenvalue weighted by atomic mass is 32.1. The molecular formula is C8H16N2OS. The van der Waals surface area contributed by atoms with Crippen molar-refractivity contribution in [3.8, 4) is 0 Å². The predicted molar refractivity (Wildman–Crippen MR) is 52.7 cm³/mol. The zero-order valence-corrected chi connectivity index (χ0v) is 8.41. The summed E-state index contributed by atoms with van der Waals surface area (Å²) >= 11 is 4.97. The summed E-state index contributed by atoms with van der Waals surface area (Å²) in [5, 5.41) is 3.62. The van der Waals surface area contributed by atoms with Crippen molar-refractivity contribution in [1.82, 2.24) is 10.8 Å². The number of rotatable bonds is 3. The van der Waals surface area contributed by atoms with E-state index < -0.39 is 0 Å². The van der Waals surface area contributed by atoms with Crippen LogP contribution in [0.15, 0.2) is 0 Å². The highest BCUT2D eigenvalue weighted by molar-refractivity contribution is 7.80. The lowest BCUT2D eigenvalue weighted by atomic mass is 9.97. The second-order valence-electron chi connectivity index (χ2n) is 3.40. The van der Waals surface area contributed by atoms with Gasteiger partial charge in [-0.05, 0) is 45.3 Å². The maximum Gasteiger partial charge on any atom is 0.190 e. The van der Waals surface area contributed by atoms with Crippen molar-refractivity contribution in [1.29, 1.82) is 0 Å². The largest absolute Gasteiger partial charge is 0.359 e. The van der Waals surface area contributed by atoms with Crippen molar-refractivity contribution >= 4 is 17.3 Å². The van der Waals surface area contributed by atoms with Crippen LogP contribution in [-0.4, -0.2) is 17.3 Å². The van der Waals surface area contributed by atoms with Gasteiger partial charge in [-0.2, -0.15) is 0 Å². The molecule has 4 heteroatoms. The molecule has 12 heavy (non-hydrogen) atoms. The van der Waals surface area contributed by atoms with Gasteiger partial charge in [0.05, 0.1) is 6.10 Å². The summed E-state index contributed by atoms with van der Waals surface area (Å²) in [6.07, 6.45) is 3.95. The molecule has 0 aromatic heterocycles. The van der Waals surface area contributed by atoms with E-state index in [1.165, 1.54) is 6.42 Å². The Hall–Kier alpha value is -0.350. The van der Waals surface area contributed by atoms with Crippen LogP contribution in [0.2, 0.25) is 0 Å². The van der Waals surface area contributed by atoms with Gasteiger partial charge in [0.2, 0.25) is 0 Å². The van der Waals surface area contributed by atoms with Crippen molar-refractivity contribution in [3.63, 3.8) is 0 Å². The molecule has 0 spiro atoms. The van der Waals surface area contributed by atoms with Gasteiger partial charge in [-0.25, -0.2) is 5.48 Å². The molecule has 1 aliphatic rings. The zero-order valence-electron chi connectivity index (χ0n) is 7.59. The monoisotopic (exact) mass is 188 g/mol. The Bertz CT molecular complexity index is 157. The Labute approximate surface area is 78.8 Å². The minimum Gasteiger partial charge on any atom is -0.359 e. The quantitative estimate of drug-likeness (QED) is 0.517. The number of nitrogens with one attached hydrogen (secondary N) is 2. The van der Waals surface area contributed by atoms with E-state index in [0.717, 1.165) is 12.8 Å². The van der Waals surface area contributed by atoms with Gasteiger partial charge in [0.25, 0.3) is 0 Å². The van der Waals surface area contributed by atoms with E-state index in [-0.39, 0.29) is 0 Å². The minimum absolute atomic E-state index is 0.356. The molecule has 0 saturated heterocycles. The third-order valence-electron chi connectivity index (χ3n) is 1.79. The highest BCUT2D eigenvalue weighted by Crippen LogP contribution is 2.20. The van der Waals surface area contributed by atoms with Gasteiger partial charge in [-0.15, -0.1) is 0 Å². The lowest BCUT2D eigenvalue weighted by Crippen LogP contribution is -2.42. The Morgan fingerprint density at radius 3 is 2.58 bits per heavy atom. The van der Waals surface area contributed by atoms with E-state index in [9.17, 15) is 0 Å². The first-order valence-corrected chi connectivity index (χ1v) is 4.81. The Morgan fingerprint density at radius 2 is 2.17 bits per heavy atom. The minimum atomic E-state index is 0.356. The standard InChI is InChI=1S/C8H16N2OS/c1-6(2)9-8(12)10-11-7-4-3-5-7/h6-7H,3-5H2,1-2H3,(H2,9,10,12). The molecule has 1 saturated carbocycles. The maximum atomic E-state index is 5.29. The Kier molecular flexibility index (Phi) is 3.75. The average Bonchev–Trinajstić information content (AvgIpc) is 1.81. The first kappa shape index (κ1) is 9.74. The van der Waals surface area contributed by atoms with Gasteiger partial charge in [0.15, 0.2) is 5.11 Å². The molecule has 0 aromatic rings.